The molecule has 0 fully saturated rings. The molecule has 0 aliphatic carbocycles. The molecule has 0 spiro atoms. The number of ether oxygens (including phenoxy) is 2. The van der Waals surface area contributed by atoms with Crippen molar-refractivity contribution in [1.29, 1.82) is 0 Å². The molecule has 0 saturated heterocycles. The Hall–Kier alpha value is -2.24. The van der Waals surface area contributed by atoms with E-state index >= 15 is 0 Å². The molecule has 1 aromatic rings. The molecule has 0 aromatic heterocycles. The first-order valence-corrected chi connectivity index (χ1v) is 7.65. The van der Waals surface area contributed by atoms with Crippen LogP contribution in [-0.2, 0) is 11.3 Å². The lowest BCUT2D eigenvalue weighted by Gasteiger charge is -2.21. The van der Waals surface area contributed by atoms with Crippen molar-refractivity contribution in [2.45, 2.75) is 33.4 Å². The van der Waals surface area contributed by atoms with Gasteiger partial charge in [-0.3, -0.25) is 4.99 Å². The monoisotopic (exact) mass is 321 g/mol. The van der Waals surface area contributed by atoms with Gasteiger partial charge in [0.2, 0.25) is 0 Å². The number of nitrogens with one attached hydrogen (secondary N) is 2. The number of hydrogen-bond donors (Lipinski definition) is 2. The van der Waals surface area contributed by atoms with Crippen LogP contribution in [0.3, 0.4) is 0 Å². The zero-order valence-electron chi connectivity index (χ0n) is 14.8. The van der Waals surface area contributed by atoms with Gasteiger partial charge in [-0.05, 0) is 30.5 Å². The summed E-state index contributed by atoms with van der Waals surface area (Å²) in [5.41, 5.74) is 1.35. The van der Waals surface area contributed by atoms with Gasteiger partial charge in [0, 0.05) is 19.6 Å². The van der Waals surface area contributed by atoms with Gasteiger partial charge in [0.1, 0.15) is 11.3 Å². The number of rotatable bonds is 6. The molecular weight excluding hydrogens is 294 g/mol. The van der Waals surface area contributed by atoms with Crippen LogP contribution in [0.2, 0.25) is 0 Å². The number of aliphatic imine (C=N–C) groups is 1. The average Bonchev–Trinajstić information content (AvgIpc) is 2.57. The van der Waals surface area contributed by atoms with Crippen molar-refractivity contribution in [3.63, 3.8) is 0 Å². The lowest BCUT2D eigenvalue weighted by molar-refractivity contribution is 0.0597. The molecule has 0 radical (unpaired) electrons. The molecule has 0 bridgehead atoms. The van der Waals surface area contributed by atoms with Crippen molar-refractivity contribution in [2.24, 2.45) is 10.9 Å². The summed E-state index contributed by atoms with van der Waals surface area (Å²) in [6.45, 7) is 6.95. The van der Waals surface area contributed by atoms with Gasteiger partial charge < -0.3 is 20.1 Å². The van der Waals surface area contributed by atoms with Crippen molar-refractivity contribution < 1.29 is 14.3 Å². The van der Waals surface area contributed by atoms with Crippen LogP contribution < -0.4 is 15.4 Å². The topological polar surface area (TPSA) is 72.0 Å². The normalized spacial score (nSPS) is 12.7. The summed E-state index contributed by atoms with van der Waals surface area (Å²) in [7, 11) is 4.61. The number of esters is 1. The van der Waals surface area contributed by atoms with E-state index in [1.54, 1.807) is 19.2 Å². The summed E-state index contributed by atoms with van der Waals surface area (Å²) in [6, 6.07) is 5.73. The third-order valence-electron chi connectivity index (χ3n) is 3.72. The van der Waals surface area contributed by atoms with E-state index in [9.17, 15) is 4.79 Å². The Morgan fingerprint density at radius 1 is 1.26 bits per heavy atom. The molecule has 6 nitrogen and oxygen atoms in total. The molecule has 0 heterocycles. The standard InChI is InChI=1S/C17H27N3O3/c1-11(2)12(3)20-17(18-4)19-10-13-7-8-15(22-5)14(9-13)16(21)23-6/h7-9,11-12H,10H2,1-6H3,(H2,18,19,20). The fraction of sp³-hybridized carbons (Fsp3) is 0.529. The molecule has 1 rings (SSSR count). The van der Waals surface area contributed by atoms with E-state index < -0.39 is 5.97 Å². The van der Waals surface area contributed by atoms with Crippen LogP contribution in [0.5, 0.6) is 5.75 Å². The Balaban J connectivity index is 2.79. The van der Waals surface area contributed by atoms with Crippen LogP contribution >= 0.6 is 0 Å². The van der Waals surface area contributed by atoms with Crippen LogP contribution in [-0.4, -0.2) is 39.2 Å². The van der Waals surface area contributed by atoms with Crippen LogP contribution in [0.15, 0.2) is 23.2 Å². The summed E-state index contributed by atoms with van der Waals surface area (Å²) in [6.07, 6.45) is 0. The fourth-order valence-electron chi connectivity index (χ4n) is 1.90. The van der Waals surface area contributed by atoms with E-state index in [0.29, 0.717) is 29.8 Å². The Labute approximate surface area is 138 Å². The maximum absolute atomic E-state index is 11.8. The maximum atomic E-state index is 11.8. The van der Waals surface area contributed by atoms with Crippen molar-refractivity contribution in [2.75, 3.05) is 21.3 Å². The molecule has 1 aromatic carbocycles. The summed E-state index contributed by atoms with van der Waals surface area (Å²) in [5, 5.41) is 6.57. The highest BCUT2D eigenvalue weighted by Crippen LogP contribution is 2.20. The van der Waals surface area contributed by atoms with Crippen molar-refractivity contribution in [3.8, 4) is 5.75 Å². The van der Waals surface area contributed by atoms with E-state index in [4.69, 9.17) is 9.47 Å². The van der Waals surface area contributed by atoms with Gasteiger partial charge in [0.25, 0.3) is 0 Å². The van der Waals surface area contributed by atoms with Crippen LogP contribution in [0.25, 0.3) is 0 Å². The van der Waals surface area contributed by atoms with E-state index in [2.05, 4.69) is 36.4 Å². The van der Waals surface area contributed by atoms with Crippen LogP contribution in [0, 0.1) is 5.92 Å². The predicted octanol–water partition coefficient (Wildman–Crippen LogP) is 2.19. The van der Waals surface area contributed by atoms with E-state index in [1.807, 2.05) is 6.07 Å². The van der Waals surface area contributed by atoms with Gasteiger partial charge in [-0.25, -0.2) is 4.79 Å². The molecule has 1 unspecified atom stereocenters. The van der Waals surface area contributed by atoms with Gasteiger partial charge in [0.15, 0.2) is 5.96 Å². The highest BCUT2D eigenvalue weighted by Gasteiger charge is 2.14. The van der Waals surface area contributed by atoms with E-state index in [-0.39, 0.29) is 0 Å². The van der Waals surface area contributed by atoms with Gasteiger partial charge in [-0.15, -0.1) is 0 Å². The highest BCUT2D eigenvalue weighted by molar-refractivity contribution is 5.92. The lowest BCUT2D eigenvalue weighted by atomic mass is 10.1. The second kappa shape index (κ2) is 9.02. The second-order valence-corrected chi connectivity index (χ2v) is 5.63. The largest absolute Gasteiger partial charge is 0.496 e. The SMILES string of the molecule is CN=C(NCc1ccc(OC)c(C(=O)OC)c1)NC(C)C(C)C. The number of guanidine groups is 1. The Morgan fingerprint density at radius 3 is 2.48 bits per heavy atom. The number of benzene rings is 1. The zero-order chi connectivity index (χ0) is 17.4. The summed E-state index contributed by atoms with van der Waals surface area (Å²) < 4.78 is 9.98. The molecule has 128 valence electrons. The lowest BCUT2D eigenvalue weighted by Crippen LogP contribution is -2.43. The molecule has 6 heteroatoms. The van der Waals surface area contributed by atoms with Gasteiger partial charge in [-0.2, -0.15) is 0 Å². The predicted molar refractivity (Wildman–Crippen MR) is 92.0 cm³/mol. The molecular formula is C17H27N3O3. The first-order valence-electron chi connectivity index (χ1n) is 7.65. The fourth-order valence-corrected chi connectivity index (χ4v) is 1.90. The number of carbonyl (C=O) groups excluding carboxylic acids is 1. The first-order chi connectivity index (χ1) is 10.9. The van der Waals surface area contributed by atoms with E-state index in [0.717, 1.165) is 11.5 Å². The molecule has 2 N–H and O–H groups in total. The van der Waals surface area contributed by atoms with Crippen molar-refractivity contribution in [3.05, 3.63) is 29.3 Å². The summed E-state index contributed by atoms with van der Waals surface area (Å²) in [4.78, 5) is 16.0. The molecule has 0 amide bonds. The summed E-state index contributed by atoms with van der Waals surface area (Å²) >= 11 is 0. The second-order valence-electron chi connectivity index (χ2n) is 5.63. The number of carbonyl (C=O) groups is 1. The van der Waals surface area contributed by atoms with Crippen molar-refractivity contribution >= 4 is 11.9 Å². The van der Waals surface area contributed by atoms with E-state index in [1.165, 1.54) is 14.2 Å². The molecule has 0 aliphatic heterocycles. The Morgan fingerprint density at radius 2 is 1.96 bits per heavy atom. The number of methoxy groups -OCH3 is 2. The van der Waals surface area contributed by atoms with Gasteiger partial charge >= 0.3 is 5.97 Å². The third kappa shape index (κ3) is 5.47. The quantitative estimate of drug-likeness (QED) is 0.477. The molecule has 0 saturated carbocycles. The van der Waals surface area contributed by atoms with Crippen molar-refractivity contribution in [1.82, 2.24) is 10.6 Å². The minimum Gasteiger partial charge on any atom is -0.496 e. The minimum atomic E-state index is -0.417. The Kier molecular flexibility index (Phi) is 7.38. The molecule has 23 heavy (non-hydrogen) atoms. The minimum absolute atomic E-state index is 0.308. The zero-order valence-corrected chi connectivity index (χ0v) is 14.8. The molecule has 1 atom stereocenters. The average molecular weight is 321 g/mol. The number of nitrogens with zero attached hydrogens (tertiary/aromatic N) is 1. The first kappa shape index (κ1) is 18.8. The van der Waals surface area contributed by atoms with Gasteiger partial charge in [-0.1, -0.05) is 19.9 Å². The van der Waals surface area contributed by atoms with Gasteiger partial charge in [0.05, 0.1) is 14.2 Å². The third-order valence-corrected chi connectivity index (χ3v) is 3.72. The molecule has 0 aliphatic rings. The highest BCUT2D eigenvalue weighted by atomic mass is 16.5. The summed E-state index contributed by atoms with van der Waals surface area (Å²) in [5.74, 6) is 1.30. The van der Waals surface area contributed by atoms with Crippen LogP contribution in [0.4, 0.5) is 0 Å². The number of hydrogen-bond acceptors (Lipinski definition) is 4. The maximum Gasteiger partial charge on any atom is 0.341 e. The van der Waals surface area contributed by atoms with Crippen LogP contribution in [0.1, 0.15) is 36.7 Å². The Bertz CT molecular complexity index is 556. The smallest absolute Gasteiger partial charge is 0.341 e.